The van der Waals surface area contributed by atoms with E-state index in [1.807, 2.05) is 18.2 Å². The number of benzene rings is 1. The molecule has 1 aromatic carbocycles. The van der Waals surface area contributed by atoms with Crippen LogP contribution < -0.4 is 10.6 Å². The van der Waals surface area contributed by atoms with Crippen molar-refractivity contribution in [1.29, 1.82) is 0 Å². The average molecular weight is 368 g/mol. The highest BCUT2D eigenvalue weighted by Gasteiger charge is 2.39. The fourth-order valence-electron chi connectivity index (χ4n) is 4.19. The van der Waals surface area contributed by atoms with Crippen LogP contribution in [0.15, 0.2) is 34.9 Å². The third kappa shape index (κ3) is 3.60. The second-order valence-corrected chi connectivity index (χ2v) is 7.46. The van der Waals surface area contributed by atoms with Gasteiger partial charge >= 0.3 is 5.91 Å². The summed E-state index contributed by atoms with van der Waals surface area (Å²) in [5.41, 5.74) is 1.32. The highest BCUT2D eigenvalue weighted by atomic mass is 16.4. The first-order chi connectivity index (χ1) is 13.0. The zero-order valence-electron chi connectivity index (χ0n) is 15.6. The molecular formula is C20H24N4O3. The molecule has 4 atom stereocenters. The number of nitrogens with zero attached hydrogens (tertiary/aromatic N) is 2. The van der Waals surface area contributed by atoms with Crippen LogP contribution in [0.1, 0.15) is 37.4 Å². The second-order valence-electron chi connectivity index (χ2n) is 7.46. The summed E-state index contributed by atoms with van der Waals surface area (Å²) in [6.45, 7) is 5.69. The molecule has 0 aliphatic carbocycles. The van der Waals surface area contributed by atoms with E-state index in [0.717, 1.165) is 25.9 Å². The zero-order chi connectivity index (χ0) is 19.0. The Balaban J connectivity index is 1.48. The van der Waals surface area contributed by atoms with Crippen molar-refractivity contribution < 1.29 is 14.0 Å². The summed E-state index contributed by atoms with van der Waals surface area (Å²) in [6.07, 6.45) is 3.76. The van der Waals surface area contributed by atoms with Crippen LogP contribution >= 0.6 is 0 Å². The Morgan fingerprint density at radius 2 is 2.11 bits per heavy atom. The van der Waals surface area contributed by atoms with Crippen LogP contribution in [0.25, 0.3) is 11.3 Å². The van der Waals surface area contributed by atoms with Gasteiger partial charge in [-0.25, -0.2) is 4.98 Å². The standard InChI is InChI=1S/C20H24N4O3/c1-12-9-14-7-8-24(12)11-17(14)23-19(26)20-21-10-18(27-20)15-5-3-4-6-16(15)22-13(2)25/h3-6,10,12,14,17H,7-9,11H2,1-2H3,(H,22,25)(H,23,26)/t12?,14?,17-/m0/s1. The molecule has 3 unspecified atom stereocenters. The lowest BCUT2D eigenvalue weighted by molar-refractivity contribution is -0.114. The molecule has 5 rings (SSSR count). The lowest BCUT2D eigenvalue weighted by Gasteiger charge is -2.48. The molecule has 2 bridgehead atoms. The molecule has 142 valence electrons. The predicted molar refractivity (Wildman–Crippen MR) is 101 cm³/mol. The van der Waals surface area contributed by atoms with Gasteiger partial charge in [0.2, 0.25) is 5.91 Å². The molecule has 0 radical (unpaired) electrons. The number of carbonyl (C=O) groups excluding carboxylic acids is 2. The summed E-state index contributed by atoms with van der Waals surface area (Å²) in [5, 5.41) is 5.86. The van der Waals surface area contributed by atoms with Gasteiger partial charge in [0.05, 0.1) is 11.9 Å². The van der Waals surface area contributed by atoms with Crippen LogP contribution in [0.4, 0.5) is 5.69 Å². The minimum absolute atomic E-state index is 0.0483. The topological polar surface area (TPSA) is 87.5 Å². The van der Waals surface area contributed by atoms with Gasteiger partial charge in [0.25, 0.3) is 5.89 Å². The van der Waals surface area contributed by atoms with E-state index in [2.05, 4.69) is 27.4 Å². The first-order valence-corrected chi connectivity index (χ1v) is 9.39. The highest BCUT2D eigenvalue weighted by molar-refractivity contribution is 5.94. The minimum Gasteiger partial charge on any atom is -0.432 e. The van der Waals surface area contributed by atoms with Crippen molar-refractivity contribution in [1.82, 2.24) is 15.2 Å². The smallest absolute Gasteiger partial charge is 0.307 e. The molecule has 2 N–H and O–H groups in total. The van der Waals surface area contributed by atoms with Crippen LogP contribution in [0.2, 0.25) is 0 Å². The van der Waals surface area contributed by atoms with E-state index in [1.165, 1.54) is 13.1 Å². The molecule has 3 fully saturated rings. The normalized spacial score (nSPS) is 26.6. The largest absolute Gasteiger partial charge is 0.432 e. The van der Waals surface area contributed by atoms with E-state index in [1.54, 1.807) is 6.07 Å². The number of hydrogen-bond acceptors (Lipinski definition) is 5. The maximum Gasteiger partial charge on any atom is 0.307 e. The quantitative estimate of drug-likeness (QED) is 0.866. The summed E-state index contributed by atoms with van der Waals surface area (Å²) in [6, 6.07) is 8.01. The molecule has 3 saturated heterocycles. The minimum atomic E-state index is -0.287. The van der Waals surface area contributed by atoms with Crippen molar-refractivity contribution in [2.45, 2.75) is 38.8 Å². The first-order valence-electron chi connectivity index (χ1n) is 9.39. The van der Waals surface area contributed by atoms with Gasteiger partial charge in [-0.1, -0.05) is 12.1 Å². The number of carbonyl (C=O) groups is 2. The molecule has 7 heteroatoms. The van der Waals surface area contributed by atoms with Crippen LogP contribution in [0.5, 0.6) is 0 Å². The molecule has 0 saturated carbocycles. The number of para-hydroxylation sites is 1. The maximum atomic E-state index is 12.6. The van der Waals surface area contributed by atoms with E-state index in [-0.39, 0.29) is 23.7 Å². The molecule has 3 aliphatic rings. The number of oxazole rings is 1. The van der Waals surface area contributed by atoms with Gasteiger partial charge in [-0.15, -0.1) is 0 Å². The summed E-state index contributed by atoms with van der Waals surface area (Å²) in [5.74, 6) is 0.559. The molecule has 3 aliphatic heterocycles. The number of piperidine rings is 3. The van der Waals surface area contributed by atoms with Gasteiger partial charge in [-0.3, -0.25) is 14.5 Å². The van der Waals surface area contributed by atoms with Gasteiger partial charge in [-0.2, -0.15) is 0 Å². The number of fused-ring (bicyclic) bond motifs is 3. The molecule has 27 heavy (non-hydrogen) atoms. The van der Waals surface area contributed by atoms with E-state index in [0.29, 0.717) is 29.0 Å². The van der Waals surface area contributed by atoms with Gasteiger partial charge in [0, 0.05) is 31.1 Å². The number of hydrogen-bond donors (Lipinski definition) is 2. The van der Waals surface area contributed by atoms with Gasteiger partial charge in [-0.05, 0) is 44.4 Å². The van der Waals surface area contributed by atoms with Crippen LogP contribution in [-0.2, 0) is 4.79 Å². The number of aromatic nitrogens is 1. The fourth-order valence-corrected chi connectivity index (χ4v) is 4.19. The molecule has 1 aromatic heterocycles. The molecular weight excluding hydrogens is 344 g/mol. The Kier molecular flexibility index (Phi) is 4.70. The molecule has 2 aromatic rings. The summed E-state index contributed by atoms with van der Waals surface area (Å²) in [7, 11) is 0. The third-order valence-corrected chi connectivity index (χ3v) is 5.57. The van der Waals surface area contributed by atoms with Crippen molar-refractivity contribution in [3.63, 3.8) is 0 Å². The van der Waals surface area contributed by atoms with E-state index in [4.69, 9.17) is 4.42 Å². The SMILES string of the molecule is CC(=O)Nc1ccccc1-c1cnc(C(=O)N[C@H]2CN3CCC2CC3C)o1. The lowest BCUT2D eigenvalue weighted by Crippen LogP contribution is -2.60. The van der Waals surface area contributed by atoms with E-state index < -0.39 is 0 Å². The molecule has 2 amide bonds. The summed E-state index contributed by atoms with van der Waals surface area (Å²) < 4.78 is 5.71. The monoisotopic (exact) mass is 368 g/mol. The van der Waals surface area contributed by atoms with Crippen LogP contribution in [0.3, 0.4) is 0 Å². The molecule has 4 heterocycles. The zero-order valence-corrected chi connectivity index (χ0v) is 15.6. The van der Waals surface area contributed by atoms with Crippen molar-refractivity contribution in [3.05, 3.63) is 36.4 Å². The Morgan fingerprint density at radius 1 is 1.30 bits per heavy atom. The van der Waals surface area contributed by atoms with E-state index >= 15 is 0 Å². The maximum absolute atomic E-state index is 12.6. The lowest BCUT2D eigenvalue weighted by atomic mass is 9.80. The van der Waals surface area contributed by atoms with Crippen molar-refractivity contribution in [2.24, 2.45) is 5.92 Å². The Bertz CT molecular complexity index is 862. The van der Waals surface area contributed by atoms with Gasteiger partial charge in [0.1, 0.15) is 0 Å². The number of anilines is 1. The first kappa shape index (κ1) is 17.7. The van der Waals surface area contributed by atoms with Gasteiger partial charge < -0.3 is 15.1 Å². The summed E-state index contributed by atoms with van der Waals surface area (Å²) >= 11 is 0. The van der Waals surface area contributed by atoms with Crippen LogP contribution in [0, 0.1) is 5.92 Å². The number of nitrogens with one attached hydrogen (secondary N) is 2. The number of rotatable bonds is 4. The number of amides is 2. The van der Waals surface area contributed by atoms with Crippen molar-refractivity contribution in [3.8, 4) is 11.3 Å². The van der Waals surface area contributed by atoms with Crippen molar-refractivity contribution >= 4 is 17.5 Å². The second kappa shape index (κ2) is 7.15. The molecule has 0 spiro atoms. The van der Waals surface area contributed by atoms with Gasteiger partial charge in [0.15, 0.2) is 5.76 Å². The van der Waals surface area contributed by atoms with Crippen LogP contribution in [-0.4, -0.2) is 46.9 Å². The average Bonchev–Trinajstić information content (AvgIpc) is 3.13. The van der Waals surface area contributed by atoms with E-state index in [9.17, 15) is 9.59 Å². The Morgan fingerprint density at radius 3 is 2.81 bits per heavy atom. The Hall–Kier alpha value is -2.67. The molecule has 7 nitrogen and oxygen atoms in total. The van der Waals surface area contributed by atoms with Crippen molar-refractivity contribution in [2.75, 3.05) is 18.4 Å². The fraction of sp³-hybridized carbons (Fsp3) is 0.450. The highest BCUT2D eigenvalue weighted by Crippen LogP contribution is 2.32. The summed E-state index contributed by atoms with van der Waals surface area (Å²) in [4.78, 5) is 30.6. The third-order valence-electron chi connectivity index (χ3n) is 5.57. The Labute approximate surface area is 158 Å². The predicted octanol–water partition coefficient (Wildman–Crippen LogP) is 2.51.